The van der Waals surface area contributed by atoms with Crippen LogP contribution in [0.2, 0.25) is 0 Å². The van der Waals surface area contributed by atoms with Crippen LogP contribution in [-0.4, -0.2) is 32.8 Å². The number of hydrogen-bond acceptors (Lipinski definition) is 4. The molecular weight excluding hydrogens is 332 g/mol. The van der Waals surface area contributed by atoms with Gasteiger partial charge in [-0.2, -0.15) is 5.21 Å². The summed E-state index contributed by atoms with van der Waals surface area (Å²) in [6.45, 7) is 6.86. The van der Waals surface area contributed by atoms with Crippen LogP contribution in [-0.2, 0) is 11.2 Å². The second-order valence-electron chi connectivity index (χ2n) is 6.05. The molecule has 1 N–H and O–H groups in total. The second-order valence-corrected chi connectivity index (χ2v) is 6.96. The first-order chi connectivity index (χ1) is 9.94. The Labute approximate surface area is 133 Å². The highest BCUT2D eigenvalue weighted by atomic mass is 79.9. The van der Waals surface area contributed by atoms with E-state index in [4.69, 9.17) is 4.74 Å². The van der Waals surface area contributed by atoms with Crippen LogP contribution in [0.4, 0.5) is 0 Å². The van der Waals surface area contributed by atoms with Crippen molar-refractivity contribution in [1.82, 2.24) is 20.6 Å². The van der Waals surface area contributed by atoms with Crippen molar-refractivity contribution in [2.75, 3.05) is 6.61 Å². The van der Waals surface area contributed by atoms with Gasteiger partial charge >= 0.3 is 0 Å². The lowest BCUT2D eigenvalue weighted by Gasteiger charge is -2.21. The lowest BCUT2D eigenvalue weighted by Crippen LogP contribution is -2.21. The smallest absolute Gasteiger partial charge is 0.178 e. The zero-order chi connectivity index (χ0) is 15.3. The second kappa shape index (κ2) is 7.13. The summed E-state index contributed by atoms with van der Waals surface area (Å²) in [5.41, 5.74) is 1.13. The van der Waals surface area contributed by atoms with E-state index in [1.165, 1.54) is 5.56 Å². The first kappa shape index (κ1) is 16.1. The minimum absolute atomic E-state index is 0.126. The number of hydrogen-bond donors (Lipinski definition) is 1. The number of benzene rings is 1. The largest absolute Gasteiger partial charge is 0.376 e. The molecule has 2 aromatic rings. The fourth-order valence-corrected chi connectivity index (χ4v) is 2.34. The molecule has 1 heterocycles. The molecule has 0 aliphatic rings. The molecule has 0 aliphatic heterocycles. The maximum absolute atomic E-state index is 5.82. The molecule has 0 radical (unpaired) electrons. The van der Waals surface area contributed by atoms with E-state index in [9.17, 15) is 0 Å². The minimum Gasteiger partial charge on any atom is -0.376 e. The van der Waals surface area contributed by atoms with E-state index in [2.05, 4.69) is 69.5 Å². The summed E-state index contributed by atoms with van der Waals surface area (Å²) in [5.74, 6) is 0.947. The maximum atomic E-state index is 5.82. The fourth-order valence-electron chi connectivity index (χ4n) is 2.08. The molecule has 1 atom stereocenters. The van der Waals surface area contributed by atoms with Crippen LogP contribution in [0.3, 0.4) is 0 Å². The number of nitrogens with one attached hydrogen (secondary N) is 1. The molecule has 2 rings (SSSR count). The Kier molecular flexibility index (Phi) is 5.47. The number of aromatic nitrogens is 4. The Balaban J connectivity index is 2.01. The fraction of sp³-hybridized carbons (Fsp3) is 0.533. The summed E-state index contributed by atoms with van der Waals surface area (Å²) in [4.78, 5) is 0. The van der Waals surface area contributed by atoms with E-state index in [1.807, 2.05) is 12.1 Å². The Morgan fingerprint density at radius 2 is 1.95 bits per heavy atom. The highest BCUT2D eigenvalue weighted by molar-refractivity contribution is 9.10. The molecule has 0 saturated carbocycles. The standard InChI is InChI=1S/C15H21BrN4O/c1-15(2,3)21-9-8-12(14-17-19-20-18-14)10-11-4-6-13(16)7-5-11/h4-7,12H,8-10H2,1-3H3,(H,17,18,19,20). The Bertz CT molecular complexity index is 534. The van der Waals surface area contributed by atoms with E-state index in [1.54, 1.807) is 0 Å². The van der Waals surface area contributed by atoms with Crippen LogP contribution >= 0.6 is 15.9 Å². The molecule has 0 fully saturated rings. The molecule has 1 aromatic heterocycles. The average molecular weight is 353 g/mol. The zero-order valence-electron chi connectivity index (χ0n) is 12.6. The number of H-pyrrole nitrogens is 1. The van der Waals surface area contributed by atoms with Crippen molar-refractivity contribution >= 4 is 15.9 Å². The maximum Gasteiger partial charge on any atom is 0.178 e. The van der Waals surface area contributed by atoms with Crippen molar-refractivity contribution in [1.29, 1.82) is 0 Å². The molecule has 1 aromatic carbocycles. The van der Waals surface area contributed by atoms with E-state index in [0.717, 1.165) is 23.1 Å². The van der Waals surface area contributed by atoms with E-state index >= 15 is 0 Å². The number of rotatable bonds is 6. The predicted molar refractivity (Wildman–Crippen MR) is 85.1 cm³/mol. The quantitative estimate of drug-likeness (QED) is 0.863. The minimum atomic E-state index is -0.126. The third-order valence-electron chi connectivity index (χ3n) is 3.12. The highest BCUT2D eigenvalue weighted by Gasteiger charge is 2.19. The Morgan fingerprint density at radius 3 is 2.52 bits per heavy atom. The van der Waals surface area contributed by atoms with Gasteiger partial charge < -0.3 is 4.74 Å². The number of tetrazole rings is 1. The molecule has 0 aliphatic carbocycles. The lowest BCUT2D eigenvalue weighted by atomic mass is 9.96. The van der Waals surface area contributed by atoms with Gasteiger partial charge in [0.15, 0.2) is 5.82 Å². The summed E-state index contributed by atoms with van der Waals surface area (Å²) < 4.78 is 6.90. The SMILES string of the molecule is CC(C)(C)OCCC(Cc1ccc(Br)cc1)c1nn[nH]n1. The summed E-state index contributed by atoms with van der Waals surface area (Å²) in [6.07, 6.45) is 1.74. The third kappa shape index (κ3) is 5.55. The molecule has 0 saturated heterocycles. The molecular formula is C15H21BrN4O. The summed E-state index contributed by atoms with van der Waals surface area (Å²) in [6, 6.07) is 8.33. The monoisotopic (exact) mass is 352 g/mol. The summed E-state index contributed by atoms with van der Waals surface area (Å²) in [5, 5.41) is 14.5. The van der Waals surface area contributed by atoms with Gasteiger partial charge in [-0.05, 0) is 51.3 Å². The Morgan fingerprint density at radius 1 is 1.24 bits per heavy atom. The third-order valence-corrected chi connectivity index (χ3v) is 3.65. The van der Waals surface area contributed by atoms with E-state index in [-0.39, 0.29) is 11.5 Å². The van der Waals surface area contributed by atoms with Crippen LogP contribution in [0.1, 0.15) is 44.5 Å². The van der Waals surface area contributed by atoms with Crippen molar-refractivity contribution in [2.24, 2.45) is 0 Å². The number of nitrogens with zero attached hydrogens (tertiary/aromatic N) is 3. The van der Waals surface area contributed by atoms with Crippen LogP contribution in [0.25, 0.3) is 0 Å². The van der Waals surface area contributed by atoms with Crippen LogP contribution < -0.4 is 0 Å². The van der Waals surface area contributed by atoms with Gasteiger partial charge in [0.25, 0.3) is 0 Å². The topological polar surface area (TPSA) is 63.7 Å². The lowest BCUT2D eigenvalue weighted by molar-refractivity contribution is -0.00648. The first-order valence-corrected chi connectivity index (χ1v) is 7.85. The van der Waals surface area contributed by atoms with Gasteiger partial charge in [0.05, 0.1) is 5.60 Å². The van der Waals surface area contributed by atoms with Gasteiger partial charge in [-0.3, -0.25) is 0 Å². The van der Waals surface area contributed by atoms with Gasteiger partial charge in [0.2, 0.25) is 0 Å². The molecule has 1 unspecified atom stereocenters. The van der Waals surface area contributed by atoms with Crippen molar-refractivity contribution in [2.45, 2.75) is 45.1 Å². The van der Waals surface area contributed by atoms with Crippen molar-refractivity contribution in [3.8, 4) is 0 Å². The number of aromatic amines is 1. The Hall–Kier alpha value is -1.27. The molecule has 0 amide bonds. The zero-order valence-corrected chi connectivity index (χ0v) is 14.2. The molecule has 114 valence electrons. The van der Waals surface area contributed by atoms with Gasteiger partial charge in [0, 0.05) is 17.0 Å². The molecule has 6 heteroatoms. The molecule has 21 heavy (non-hydrogen) atoms. The number of halogens is 1. The first-order valence-electron chi connectivity index (χ1n) is 7.06. The molecule has 0 bridgehead atoms. The van der Waals surface area contributed by atoms with Gasteiger partial charge in [-0.25, -0.2) is 0 Å². The van der Waals surface area contributed by atoms with E-state index < -0.39 is 0 Å². The average Bonchev–Trinajstić information content (AvgIpc) is 2.92. The van der Waals surface area contributed by atoms with Crippen molar-refractivity contribution in [3.05, 3.63) is 40.1 Å². The van der Waals surface area contributed by atoms with E-state index in [0.29, 0.717) is 6.61 Å². The molecule has 5 nitrogen and oxygen atoms in total. The normalized spacial score (nSPS) is 13.3. The van der Waals surface area contributed by atoms with Gasteiger partial charge in [0.1, 0.15) is 0 Å². The summed E-state index contributed by atoms with van der Waals surface area (Å²) in [7, 11) is 0. The van der Waals surface area contributed by atoms with Gasteiger partial charge in [-0.1, -0.05) is 33.3 Å². The molecule has 0 spiro atoms. The van der Waals surface area contributed by atoms with Crippen LogP contribution in [0.15, 0.2) is 28.7 Å². The van der Waals surface area contributed by atoms with Crippen LogP contribution in [0, 0.1) is 0 Å². The van der Waals surface area contributed by atoms with Crippen LogP contribution in [0.5, 0.6) is 0 Å². The van der Waals surface area contributed by atoms with Crippen molar-refractivity contribution < 1.29 is 4.74 Å². The summed E-state index contributed by atoms with van der Waals surface area (Å²) >= 11 is 3.45. The highest BCUT2D eigenvalue weighted by Crippen LogP contribution is 2.23. The number of ether oxygens (including phenoxy) is 1. The predicted octanol–water partition coefficient (Wildman–Crippen LogP) is 3.49. The van der Waals surface area contributed by atoms with Crippen molar-refractivity contribution in [3.63, 3.8) is 0 Å². The van der Waals surface area contributed by atoms with Gasteiger partial charge in [-0.15, -0.1) is 10.2 Å².